The van der Waals surface area contributed by atoms with Crippen molar-refractivity contribution >= 4 is 11.6 Å². The standard InChI is InChI=1S/C13H16ClF2N/c14-6-7-17(12-2-1-3-12)9-10-8-11(15)4-5-13(10)16/h4-5,8,12H,1-3,6-7,9H2. The third-order valence-electron chi connectivity index (χ3n) is 3.34. The molecule has 0 N–H and O–H groups in total. The number of alkyl halides is 1. The summed E-state index contributed by atoms with van der Waals surface area (Å²) in [6.45, 7) is 1.17. The third-order valence-corrected chi connectivity index (χ3v) is 3.51. The molecule has 1 aromatic rings. The Labute approximate surface area is 105 Å². The minimum Gasteiger partial charge on any atom is -0.295 e. The van der Waals surface area contributed by atoms with Crippen LogP contribution in [0.5, 0.6) is 0 Å². The summed E-state index contributed by atoms with van der Waals surface area (Å²) in [5, 5.41) is 0. The van der Waals surface area contributed by atoms with Gasteiger partial charge in [-0.1, -0.05) is 6.42 Å². The summed E-state index contributed by atoms with van der Waals surface area (Å²) in [5.41, 5.74) is 0.419. The highest BCUT2D eigenvalue weighted by molar-refractivity contribution is 6.18. The lowest BCUT2D eigenvalue weighted by Crippen LogP contribution is -2.40. The summed E-state index contributed by atoms with van der Waals surface area (Å²) in [7, 11) is 0. The van der Waals surface area contributed by atoms with Crippen molar-refractivity contribution in [3.63, 3.8) is 0 Å². The van der Waals surface area contributed by atoms with Crippen LogP contribution in [0.3, 0.4) is 0 Å². The molecule has 1 saturated carbocycles. The Hall–Kier alpha value is -0.670. The van der Waals surface area contributed by atoms with Crippen molar-refractivity contribution in [3.05, 3.63) is 35.4 Å². The van der Waals surface area contributed by atoms with E-state index in [1.165, 1.54) is 18.6 Å². The average molecular weight is 260 g/mol. The van der Waals surface area contributed by atoms with Gasteiger partial charge in [0, 0.05) is 30.6 Å². The summed E-state index contributed by atoms with van der Waals surface area (Å²) in [6, 6.07) is 4.09. The Morgan fingerprint density at radius 1 is 1.29 bits per heavy atom. The molecule has 0 atom stereocenters. The second kappa shape index (κ2) is 5.78. The minimum absolute atomic E-state index is 0.342. The lowest BCUT2D eigenvalue weighted by Gasteiger charge is -2.37. The fourth-order valence-corrected chi connectivity index (χ4v) is 2.35. The Kier molecular flexibility index (Phi) is 4.35. The summed E-state index contributed by atoms with van der Waals surface area (Å²) in [6.07, 6.45) is 3.48. The van der Waals surface area contributed by atoms with Crippen molar-refractivity contribution in [1.82, 2.24) is 4.90 Å². The van der Waals surface area contributed by atoms with E-state index in [1.807, 2.05) is 0 Å². The topological polar surface area (TPSA) is 3.24 Å². The van der Waals surface area contributed by atoms with Crippen LogP contribution in [0.15, 0.2) is 18.2 Å². The van der Waals surface area contributed by atoms with Crippen molar-refractivity contribution in [3.8, 4) is 0 Å². The van der Waals surface area contributed by atoms with Gasteiger partial charge in [0.05, 0.1) is 0 Å². The maximum absolute atomic E-state index is 13.5. The van der Waals surface area contributed by atoms with Crippen LogP contribution in [-0.4, -0.2) is 23.4 Å². The average Bonchev–Trinajstić information content (AvgIpc) is 2.21. The van der Waals surface area contributed by atoms with Gasteiger partial charge < -0.3 is 0 Å². The quantitative estimate of drug-likeness (QED) is 0.731. The van der Waals surface area contributed by atoms with Crippen molar-refractivity contribution in [1.29, 1.82) is 0 Å². The lowest BCUT2D eigenvalue weighted by molar-refractivity contribution is 0.126. The molecule has 0 spiro atoms. The maximum atomic E-state index is 13.5. The van der Waals surface area contributed by atoms with E-state index in [2.05, 4.69) is 4.90 Å². The second-order valence-electron chi connectivity index (χ2n) is 4.48. The molecule has 1 aliphatic carbocycles. The van der Waals surface area contributed by atoms with Crippen LogP contribution in [-0.2, 0) is 6.54 Å². The summed E-state index contributed by atoms with van der Waals surface area (Å²) in [5.74, 6) is -0.209. The van der Waals surface area contributed by atoms with Crippen LogP contribution in [0.1, 0.15) is 24.8 Å². The molecule has 17 heavy (non-hydrogen) atoms. The highest BCUT2D eigenvalue weighted by atomic mass is 35.5. The molecule has 0 aliphatic heterocycles. The van der Waals surface area contributed by atoms with E-state index in [9.17, 15) is 8.78 Å². The molecular formula is C13H16ClF2N. The van der Waals surface area contributed by atoms with E-state index in [4.69, 9.17) is 11.6 Å². The number of hydrogen-bond acceptors (Lipinski definition) is 1. The van der Waals surface area contributed by atoms with Gasteiger partial charge in [0.1, 0.15) is 11.6 Å². The highest BCUT2D eigenvalue weighted by Gasteiger charge is 2.25. The Morgan fingerprint density at radius 3 is 2.65 bits per heavy atom. The molecule has 0 unspecified atom stereocenters. The van der Waals surface area contributed by atoms with Crippen molar-refractivity contribution in [2.45, 2.75) is 31.8 Å². The molecule has 0 radical (unpaired) electrons. The number of hydrogen-bond donors (Lipinski definition) is 0. The normalized spacial score (nSPS) is 16.2. The van der Waals surface area contributed by atoms with Crippen molar-refractivity contribution in [2.24, 2.45) is 0 Å². The van der Waals surface area contributed by atoms with Crippen LogP contribution in [0.25, 0.3) is 0 Å². The number of benzene rings is 1. The first-order valence-corrected chi connectivity index (χ1v) is 6.48. The third kappa shape index (κ3) is 3.17. The zero-order valence-electron chi connectivity index (χ0n) is 9.63. The molecule has 1 aromatic carbocycles. The Bertz CT molecular complexity index is 380. The van der Waals surface area contributed by atoms with Gasteiger partial charge in [0.2, 0.25) is 0 Å². The molecule has 1 aliphatic rings. The van der Waals surface area contributed by atoms with E-state index in [0.29, 0.717) is 24.0 Å². The van der Waals surface area contributed by atoms with Crippen LogP contribution in [0.2, 0.25) is 0 Å². The van der Waals surface area contributed by atoms with Crippen LogP contribution >= 0.6 is 11.6 Å². The Balaban J connectivity index is 2.07. The van der Waals surface area contributed by atoms with Crippen molar-refractivity contribution in [2.75, 3.05) is 12.4 Å². The van der Waals surface area contributed by atoms with Gasteiger partial charge in [-0.3, -0.25) is 4.90 Å². The number of halogens is 3. The zero-order valence-corrected chi connectivity index (χ0v) is 10.4. The number of rotatable bonds is 5. The largest absolute Gasteiger partial charge is 0.295 e. The first-order valence-electron chi connectivity index (χ1n) is 5.94. The molecular weight excluding hydrogens is 244 g/mol. The first-order chi connectivity index (χ1) is 8.20. The van der Waals surface area contributed by atoms with Gasteiger partial charge >= 0.3 is 0 Å². The molecule has 94 valence electrons. The van der Waals surface area contributed by atoms with E-state index in [-0.39, 0.29) is 11.6 Å². The van der Waals surface area contributed by atoms with E-state index < -0.39 is 0 Å². The fourth-order valence-electron chi connectivity index (χ4n) is 2.13. The monoisotopic (exact) mass is 259 g/mol. The van der Waals surface area contributed by atoms with Crippen LogP contribution in [0, 0.1) is 11.6 Å². The molecule has 1 fully saturated rings. The smallest absolute Gasteiger partial charge is 0.127 e. The van der Waals surface area contributed by atoms with E-state index >= 15 is 0 Å². The molecule has 0 aromatic heterocycles. The highest BCUT2D eigenvalue weighted by Crippen LogP contribution is 2.26. The molecule has 0 heterocycles. The molecule has 4 heteroatoms. The minimum atomic E-state index is -0.388. The fraction of sp³-hybridized carbons (Fsp3) is 0.538. The van der Waals surface area contributed by atoms with E-state index in [1.54, 1.807) is 0 Å². The SMILES string of the molecule is Fc1ccc(F)c(CN(CCCl)C2CCC2)c1. The van der Waals surface area contributed by atoms with Crippen molar-refractivity contribution < 1.29 is 8.78 Å². The van der Waals surface area contributed by atoms with Gasteiger partial charge in [-0.2, -0.15) is 0 Å². The van der Waals surface area contributed by atoms with Gasteiger partial charge in [-0.05, 0) is 31.0 Å². The number of nitrogens with zero attached hydrogens (tertiary/aromatic N) is 1. The van der Waals surface area contributed by atoms with Crippen LogP contribution in [0.4, 0.5) is 8.78 Å². The molecule has 0 bridgehead atoms. The van der Waals surface area contributed by atoms with Gasteiger partial charge in [0.25, 0.3) is 0 Å². The van der Waals surface area contributed by atoms with Crippen LogP contribution < -0.4 is 0 Å². The Morgan fingerprint density at radius 2 is 2.06 bits per heavy atom. The summed E-state index contributed by atoms with van der Waals surface area (Å²) in [4.78, 5) is 2.15. The molecule has 1 nitrogen and oxygen atoms in total. The second-order valence-corrected chi connectivity index (χ2v) is 4.86. The predicted octanol–water partition coefficient (Wildman–Crippen LogP) is 3.56. The van der Waals surface area contributed by atoms with Gasteiger partial charge in [0.15, 0.2) is 0 Å². The summed E-state index contributed by atoms with van der Waals surface area (Å²) < 4.78 is 26.6. The molecule has 0 amide bonds. The maximum Gasteiger partial charge on any atom is 0.127 e. The lowest BCUT2D eigenvalue weighted by atomic mass is 9.91. The predicted molar refractivity (Wildman–Crippen MR) is 65.1 cm³/mol. The van der Waals surface area contributed by atoms with Gasteiger partial charge in [-0.15, -0.1) is 11.6 Å². The van der Waals surface area contributed by atoms with Gasteiger partial charge in [-0.25, -0.2) is 8.78 Å². The van der Waals surface area contributed by atoms with E-state index in [0.717, 1.165) is 25.5 Å². The molecule has 2 rings (SSSR count). The summed E-state index contributed by atoms with van der Waals surface area (Å²) >= 11 is 5.75. The first kappa shape index (κ1) is 12.8. The molecule has 0 saturated heterocycles. The zero-order chi connectivity index (χ0) is 12.3.